The van der Waals surface area contributed by atoms with Crippen LogP contribution in [0.1, 0.15) is 115 Å². The predicted molar refractivity (Wildman–Crippen MR) is 182 cm³/mol. The first-order valence-corrected chi connectivity index (χ1v) is 16.4. The molecule has 8 rings (SSSR count). The van der Waals surface area contributed by atoms with E-state index in [2.05, 4.69) is 122 Å². The van der Waals surface area contributed by atoms with Crippen molar-refractivity contribution in [2.24, 2.45) is 0 Å². The molecule has 3 aromatic carbocycles. The molecule has 4 aliphatic rings. The highest BCUT2D eigenvalue weighted by Crippen LogP contribution is 2.61. The highest BCUT2D eigenvalue weighted by molar-refractivity contribution is 7.00. The fourth-order valence-corrected chi connectivity index (χ4v) is 9.47. The largest absolute Gasteiger partial charge is 0.335 e. The second kappa shape index (κ2) is 7.76. The molecule has 2 nitrogen and oxygen atoms in total. The van der Waals surface area contributed by atoms with Crippen LogP contribution in [0.15, 0.2) is 36.4 Å². The number of hydrogen-bond acceptors (Lipinski definition) is 1. The molecule has 0 saturated heterocycles. The van der Waals surface area contributed by atoms with E-state index in [-0.39, 0.29) is 28.5 Å². The summed E-state index contributed by atoms with van der Waals surface area (Å²) in [5.74, 6) is 0. The number of nitrogens with zero attached hydrogens (tertiary/aromatic N) is 2. The van der Waals surface area contributed by atoms with Crippen molar-refractivity contribution >= 4 is 45.4 Å². The summed E-state index contributed by atoms with van der Waals surface area (Å²) in [6.45, 7) is 26.8. The first-order chi connectivity index (χ1) is 19.6. The van der Waals surface area contributed by atoms with E-state index in [9.17, 15) is 0 Å². The number of aromatic nitrogens is 1. The number of anilines is 2. The molecule has 0 bridgehead atoms. The van der Waals surface area contributed by atoms with Crippen molar-refractivity contribution in [2.75, 3.05) is 4.90 Å². The van der Waals surface area contributed by atoms with Crippen molar-refractivity contribution in [3.05, 3.63) is 69.9 Å². The van der Waals surface area contributed by atoms with Crippen LogP contribution in [0.3, 0.4) is 0 Å². The van der Waals surface area contributed by atoms with Gasteiger partial charge in [-0.05, 0) is 114 Å². The van der Waals surface area contributed by atoms with E-state index in [0.29, 0.717) is 0 Å². The van der Waals surface area contributed by atoms with E-state index in [4.69, 9.17) is 0 Å². The number of aryl methyl sites for hydroxylation is 2. The van der Waals surface area contributed by atoms with Gasteiger partial charge >= 0.3 is 0 Å². The maximum Gasteiger partial charge on any atom is 0.252 e. The van der Waals surface area contributed by atoms with Crippen LogP contribution < -0.4 is 21.3 Å². The second-order valence-electron chi connectivity index (χ2n) is 16.8. The molecule has 2 atom stereocenters. The maximum atomic E-state index is 2.87. The lowest BCUT2D eigenvalue weighted by molar-refractivity contribution is 0.195. The molecule has 1 aliphatic carbocycles. The number of benzene rings is 3. The summed E-state index contributed by atoms with van der Waals surface area (Å²) >= 11 is 0. The first-order valence-electron chi connectivity index (χ1n) is 16.4. The summed E-state index contributed by atoms with van der Waals surface area (Å²) in [6.07, 6.45) is 5.14. The Morgan fingerprint density at radius 1 is 0.738 bits per heavy atom. The predicted octanol–water partition coefficient (Wildman–Crippen LogP) is 8.04. The van der Waals surface area contributed by atoms with Crippen LogP contribution in [-0.2, 0) is 16.2 Å². The van der Waals surface area contributed by atoms with Gasteiger partial charge in [0.1, 0.15) is 0 Å². The third-order valence-corrected chi connectivity index (χ3v) is 12.3. The van der Waals surface area contributed by atoms with Gasteiger partial charge in [0.2, 0.25) is 0 Å². The van der Waals surface area contributed by atoms with Crippen LogP contribution in [-0.4, -0.2) is 16.8 Å². The van der Waals surface area contributed by atoms with Crippen LogP contribution in [0.5, 0.6) is 0 Å². The Morgan fingerprint density at radius 3 is 2.05 bits per heavy atom. The highest BCUT2D eigenvalue weighted by atomic mass is 15.3. The van der Waals surface area contributed by atoms with Gasteiger partial charge in [-0.1, -0.05) is 79.5 Å². The molecule has 1 aromatic heterocycles. The zero-order valence-electron chi connectivity index (χ0n) is 27.8. The lowest BCUT2D eigenvalue weighted by Crippen LogP contribution is -2.64. The Morgan fingerprint density at radius 2 is 1.36 bits per heavy atom. The molecule has 3 aliphatic heterocycles. The summed E-state index contributed by atoms with van der Waals surface area (Å²) in [4.78, 5) is 2.87. The summed E-state index contributed by atoms with van der Waals surface area (Å²) in [6, 6.07) is 15.4. The van der Waals surface area contributed by atoms with Crippen molar-refractivity contribution in [1.82, 2.24) is 4.57 Å². The minimum absolute atomic E-state index is 0.0654. The fraction of sp³-hybridized carbons (Fsp3) is 0.487. The molecular formula is C39H47BN2. The van der Waals surface area contributed by atoms with Gasteiger partial charge in [0.05, 0.1) is 5.54 Å². The standard InChI is InChI=1S/C39H47BN2/c1-22-16-31-33-32(17-22)42-35-28(38(10)14-12-13-15-39(38,42)11)19-26(37(7,8)9)21-30(35)40(33)29-20-25(36(4,5)6)18-27-23(2)24(3)41(31)34(27)29/h16-21H,12-15H2,1-11H3. The molecule has 0 amide bonds. The molecule has 0 radical (unpaired) electrons. The van der Waals surface area contributed by atoms with Crippen LogP contribution in [0.2, 0.25) is 0 Å². The average Bonchev–Trinajstić information content (AvgIpc) is 3.28. The van der Waals surface area contributed by atoms with Gasteiger partial charge in [-0.15, -0.1) is 0 Å². The number of fused-ring (bicyclic) bond motifs is 7. The van der Waals surface area contributed by atoms with Crippen molar-refractivity contribution < 1.29 is 0 Å². The van der Waals surface area contributed by atoms with E-state index in [1.54, 1.807) is 11.0 Å². The minimum Gasteiger partial charge on any atom is -0.335 e. The van der Waals surface area contributed by atoms with Gasteiger partial charge in [0.15, 0.2) is 0 Å². The van der Waals surface area contributed by atoms with E-state index in [0.717, 1.165) is 0 Å². The van der Waals surface area contributed by atoms with E-state index in [1.165, 1.54) is 92.5 Å². The Labute approximate surface area is 253 Å². The van der Waals surface area contributed by atoms with Crippen molar-refractivity contribution in [2.45, 2.75) is 124 Å². The Kier molecular flexibility index (Phi) is 4.93. The molecule has 216 valence electrons. The van der Waals surface area contributed by atoms with E-state index >= 15 is 0 Å². The zero-order valence-corrected chi connectivity index (χ0v) is 27.8. The molecule has 42 heavy (non-hydrogen) atoms. The minimum atomic E-state index is 0.0654. The normalized spacial score (nSPS) is 23.8. The third kappa shape index (κ3) is 2.99. The average molecular weight is 555 g/mol. The van der Waals surface area contributed by atoms with E-state index < -0.39 is 0 Å². The third-order valence-electron chi connectivity index (χ3n) is 12.3. The molecular weight excluding hydrogens is 507 g/mol. The van der Waals surface area contributed by atoms with E-state index in [1.807, 2.05) is 0 Å². The van der Waals surface area contributed by atoms with Gasteiger partial charge in [-0.2, -0.15) is 0 Å². The quantitative estimate of drug-likeness (QED) is 0.176. The van der Waals surface area contributed by atoms with Gasteiger partial charge in [0.25, 0.3) is 6.71 Å². The molecule has 0 spiro atoms. The van der Waals surface area contributed by atoms with Crippen LogP contribution in [0.4, 0.5) is 11.4 Å². The number of hydrogen-bond donors (Lipinski definition) is 0. The lowest BCUT2D eigenvalue weighted by atomic mass is 9.33. The lowest BCUT2D eigenvalue weighted by Gasteiger charge is -2.52. The first kappa shape index (κ1) is 26.7. The van der Waals surface area contributed by atoms with Gasteiger partial charge in [0, 0.05) is 39.1 Å². The Bertz CT molecular complexity index is 1880. The smallest absolute Gasteiger partial charge is 0.252 e. The highest BCUT2D eigenvalue weighted by Gasteiger charge is 2.61. The summed E-state index contributed by atoms with van der Waals surface area (Å²) in [5, 5.41) is 1.43. The topological polar surface area (TPSA) is 8.17 Å². The molecule has 1 fully saturated rings. The molecule has 0 N–H and O–H groups in total. The second-order valence-corrected chi connectivity index (χ2v) is 16.8. The van der Waals surface area contributed by atoms with Crippen LogP contribution in [0, 0.1) is 20.8 Å². The molecule has 4 heterocycles. The number of rotatable bonds is 0. The van der Waals surface area contributed by atoms with Crippen LogP contribution in [0.25, 0.3) is 16.6 Å². The molecule has 1 saturated carbocycles. The monoisotopic (exact) mass is 554 g/mol. The summed E-state index contributed by atoms with van der Waals surface area (Å²) in [5.41, 5.74) is 19.5. The SMILES string of the molecule is Cc1cc2c3c(c1)-n1c(C)c(C)c4cc(C(C)(C)C)cc(c41)B3c1cc(C(C)(C)C)cc3c1N2C1(C)CCCCC31C. The van der Waals surface area contributed by atoms with Crippen molar-refractivity contribution in [3.63, 3.8) is 0 Å². The summed E-state index contributed by atoms with van der Waals surface area (Å²) < 4.78 is 2.63. The van der Waals surface area contributed by atoms with Gasteiger partial charge in [-0.25, -0.2) is 0 Å². The van der Waals surface area contributed by atoms with Crippen molar-refractivity contribution in [1.29, 1.82) is 0 Å². The Hall–Kier alpha value is -2.94. The fourth-order valence-electron chi connectivity index (χ4n) is 9.47. The van der Waals surface area contributed by atoms with Crippen molar-refractivity contribution in [3.8, 4) is 5.69 Å². The van der Waals surface area contributed by atoms with Crippen LogP contribution >= 0.6 is 0 Å². The van der Waals surface area contributed by atoms with Gasteiger partial charge < -0.3 is 9.47 Å². The molecule has 4 aromatic rings. The molecule has 2 unspecified atom stereocenters. The summed E-state index contributed by atoms with van der Waals surface area (Å²) in [7, 11) is 0. The zero-order chi connectivity index (χ0) is 29.9. The molecule has 3 heteroatoms. The van der Waals surface area contributed by atoms with Gasteiger partial charge in [-0.3, -0.25) is 0 Å². The maximum absolute atomic E-state index is 2.87. The Balaban J connectivity index is 1.59.